The number of hydrogen-bond acceptors (Lipinski definition) is 13. The van der Waals surface area contributed by atoms with Gasteiger partial charge in [-0.15, -0.1) is 11.8 Å². The number of carbonyl (C=O) groups excluding carboxylic acids is 2. The van der Waals surface area contributed by atoms with Crippen LogP contribution in [0.1, 0.15) is 89.2 Å². The monoisotopic (exact) mass is 793 g/mol. The third kappa shape index (κ3) is 4.40. The SMILES string of the molecule is COc1c(C)cc2c(c1O)[C@H]1[C@@H]3[C@@H]4SC[C@]5(N[C@@H](CN)Cc6c5[nH]c5ccccc65)C(=O)OC[C@@H](c5c6c(c(C)c(OC(C)=O)c54)OCO6)N3C3(C)CN1C2(C)C3. The van der Waals surface area contributed by atoms with Gasteiger partial charge < -0.3 is 39.5 Å². The molecule has 3 fully saturated rings. The summed E-state index contributed by atoms with van der Waals surface area (Å²) in [6.07, 6.45) is 1.43. The van der Waals surface area contributed by atoms with Crippen molar-refractivity contribution in [2.75, 3.05) is 39.4 Å². The van der Waals surface area contributed by atoms with Gasteiger partial charge in [-0.05, 0) is 69.4 Å². The first-order valence-corrected chi connectivity index (χ1v) is 20.9. The van der Waals surface area contributed by atoms with Crippen molar-refractivity contribution in [2.24, 2.45) is 5.73 Å². The Morgan fingerprint density at radius 3 is 2.67 bits per heavy atom. The number of H-pyrrole nitrogens is 1. The molecule has 8 aliphatic rings. The normalized spacial score (nSPS) is 33.2. The summed E-state index contributed by atoms with van der Waals surface area (Å²) in [4.78, 5) is 37.0. The van der Waals surface area contributed by atoms with Gasteiger partial charge in [-0.2, -0.15) is 0 Å². The fraction of sp³-hybridized carbons (Fsp3) is 0.488. The number of phenols is 1. The highest BCUT2D eigenvalue weighted by atomic mass is 32.2. The van der Waals surface area contributed by atoms with E-state index in [1.165, 1.54) is 6.92 Å². The smallest absolute Gasteiger partial charge is 0.333 e. The van der Waals surface area contributed by atoms with E-state index in [4.69, 9.17) is 29.4 Å². The van der Waals surface area contributed by atoms with Gasteiger partial charge in [0, 0.05) is 82.1 Å². The van der Waals surface area contributed by atoms with Crippen LogP contribution in [0.3, 0.4) is 0 Å². The predicted octanol–water partition coefficient (Wildman–Crippen LogP) is 5.03. The van der Waals surface area contributed by atoms with Gasteiger partial charge in [0.05, 0.1) is 30.1 Å². The van der Waals surface area contributed by atoms with Crippen molar-refractivity contribution in [3.63, 3.8) is 0 Å². The van der Waals surface area contributed by atoms with Crippen molar-refractivity contribution in [3.8, 4) is 28.7 Å². The number of aromatic hydroxyl groups is 1. The molecule has 1 aromatic heterocycles. The Labute approximate surface area is 334 Å². The van der Waals surface area contributed by atoms with E-state index in [0.717, 1.165) is 62.9 Å². The molecule has 2 unspecified atom stereocenters. The van der Waals surface area contributed by atoms with E-state index in [1.54, 1.807) is 18.9 Å². The van der Waals surface area contributed by atoms with Crippen molar-refractivity contribution in [1.29, 1.82) is 0 Å². The molecule has 12 rings (SSSR count). The van der Waals surface area contributed by atoms with E-state index >= 15 is 4.79 Å². The number of aromatic nitrogens is 1. The Bertz CT molecular complexity index is 2470. The van der Waals surface area contributed by atoms with Crippen LogP contribution in [0.15, 0.2) is 30.3 Å². The summed E-state index contributed by atoms with van der Waals surface area (Å²) in [6, 6.07) is 9.05. The molecule has 8 atom stereocenters. The lowest BCUT2D eigenvalue weighted by Crippen LogP contribution is -2.67. The van der Waals surface area contributed by atoms with Crippen LogP contribution < -0.4 is 30.0 Å². The number of aromatic amines is 1. The van der Waals surface area contributed by atoms with Crippen molar-refractivity contribution in [1.82, 2.24) is 20.1 Å². The Balaban J connectivity index is 1.19. The Morgan fingerprint density at radius 2 is 1.89 bits per heavy atom. The van der Waals surface area contributed by atoms with Crippen LogP contribution in [0, 0.1) is 13.8 Å². The zero-order valence-electron chi connectivity index (χ0n) is 32.9. The molecule has 3 aromatic carbocycles. The lowest BCUT2D eigenvalue weighted by Gasteiger charge is -2.60. The van der Waals surface area contributed by atoms with Crippen LogP contribution in [0.2, 0.25) is 0 Å². The molecule has 1 spiro atoms. The van der Waals surface area contributed by atoms with Gasteiger partial charge >= 0.3 is 11.9 Å². The molecule has 4 aromatic rings. The number of carbonyl (C=O) groups is 2. The number of nitrogens with one attached hydrogen (secondary N) is 2. The first-order valence-electron chi connectivity index (χ1n) is 19.8. The molecule has 14 heteroatoms. The zero-order chi connectivity index (χ0) is 39.5. The summed E-state index contributed by atoms with van der Waals surface area (Å²) in [6.45, 7) is 11.0. The maximum Gasteiger partial charge on any atom is 0.333 e. The Morgan fingerprint density at radius 1 is 1.11 bits per heavy atom. The third-order valence-corrected chi connectivity index (χ3v) is 15.7. The number of para-hydroxylation sites is 1. The summed E-state index contributed by atoms with van der Waals surface area (Å²) < 4.78 is 31.3. The van der Waals surface area contributed by atoms with Crippen molar-refractivity contribution < 1.29 is 38.4 Å². The van der Waals surface area contributed by atoms with E-state index in [2.05, 4.69) is 46.1 Å². The van der Waals surface area contributed by atoms with Crippen LogP contribution >= 0.6 is 11.8 Å². The van der Waals surface area contributed by atoms with Gasteiger partial charge in [-0.3, -0.25) is 19.9 Å². The van der Waals surface area contributed by atoms with Crippen LogP contribution in [0.4, 0.5) is 0 Å². The van der Waals surface area contributed by atoms with Crippen LogP contribution in [0.5, 0.6) is 28.7 Å². The maximum atomic E-state index is 15.1. The molecule has 3 saturated heterocycles. The number of piperazine rings is 1. The summed E-state index contributed by atoms with van der Waals surface area (Å²) >= 11 is 1.64. The maximum absolute atomic E-state index is 15.1. The predicted molar refractivity (Wildman–Crippen MR) is 212 cm³/mol. The van der Waals surface area contributed by atoms with E-state index in [0.29, 0.717) is 41.5 Å². The average molecular weight is 794 g/mol. The van der Waals surface area contributed by atoms with Gasteiger partial charge in [0.15, 0.2) is 28.5 Å². The van der Waals surface area contributed by atoms with Gasteiger partial charge in [0.1, 0.15) is 12.4 Å². The van der Waals surface area contributed by atoms with Crippen LogP contribution in [-0.2, 0) is 31.8 Å². The number of thioether (sulfide) groups is 1. The summed E-state index contributed by atoms with van der Waals surface area (Å²) in [7, 11) is 1.60. The van der Waals surface area contributed by atoms with E-state index in [-0.39, 0.29) is 49.0 Å². The minimum atomic E-state index is -1.28. The van der Waals surface area contributed by atoms with Gasteiger partial charge in [-0.1, -0.05) is 18.2 Å². The number of nitrogens with two attached hydrogens (primary N) is 1. The topological polar surface area (TPSA) is 161 Å². The second-order valence-electron chi connectivity index (χ2n) is 17.5. The lowest BCUT2D eigenvalue weighted by atomic mass is 9.72. The molecule has 5 N–H and O–H groups in total. The molecule has 4 bridgehead atoms. The summed E-state index contributed by atoms with van der Waals surface area (Å²) in [5, 5.41) is 16.6. The number of nitrogens with zero attached hydrogens (tertiary/aromatic N) is 2. The lowest BCUT2D eigenvalue weighted by molar-refractivity contribution is -0.158. The molecule has 0 amide bonds. The number of benzene rings is 3. The summed E-state index contributed by atoms with van der Waals surface area (Å²) in [5.74, 6) is 1.64. The molecular formula is C43H47N5O8S. The molecule has 0 radical (unpaired) electrons. The molecule has 9 heterocycles. The second-order valence-corrected chi connectivity index (χ2v) is 18.6. The Hall–Kier alpha value is -4.47. The molecule has 0 aliphatic carbocycles. The first kappa shape index (κ1) is 35.7. The number of phenolic OH excluding ortho intramolecular Hbond substituents is 1. The first-order chi connectivity index (χ1) is 27.3. The number of aryl methyl sites for hydroxylation is 1. The van der Waals surface area contributed by atoms with Crippen LogP contribution in [-0.4, -0.2) is 88.8 Å². The van der Waals surface area contributed by atoms with Gasteiger partial charge in [0.2, 0.25) is 6.79 Å². The molecule has 298 valence electrons. The van der Waals surface area contributed by atoms with E-state index in [1.807, 2.05) is 32.0 Å². The minimum Gasteiger partial charge on any atom is -0.504 e. The largest absolute Gasteiger partial charge is 0.504 e. The number of methoxy groups -OCH3 is 1. The van der Waals surface area contributed by atoms with E-state index < -0.39 is 33.9 Å². The van der Waals surface area contributed by atoms with E-state index in [9.17, 15) is 9.90 Å². The zero-order valence-corrected chi connectivity index (χ0v) is 33.7. The number of hydrogen-bond donors (Lipinski definition) is 4. The minimum absolute atomic E-state index is 0.000537. The molecule has 8 aliphatic heterocycles. The van der Waals surface area contributed by atoms with Gasteiger partial charge in [0.25, 0.3) is 0 Å². The molecule has 57 heavy (non-hydrogen) atoms. The second kappa shape index (κ2) is 11.8. The number of ether oxygens (including phenoxy) is 5. The quantitative estimate of drug-likeness (QED) is 0.162. The number of fused-ring (bicyclic) bond motifs is 11. The highest BCUT2D eigenvalue weighted by Gasteiger charge is 2.71. The average Bonchev–Trinajstić information content (AvgIpc) is 3.93. The Kier molecular flexibility index (Phi) is 7.39. The number of esters is 2. The third-order valence-electron chi connectivity index (χ3n) is 14.2. The standard InChI is InChI=1S/C43H47N5O8S/c1-19-11-25-28(33(50)34(19)52-6)31-32-38-30-29(37-36(54-18-55-37)20(2)35(30)56-21(3)49)27(48(32)41(4)15-42(25,5)47(31)16-41)14-53-40(51)43(17-57-38)39-24(12-22(13-44)46-43)23-9-7-8-10-26(23)45-39/h7-11,22,27,31-32,38,45-46,50H,12-18,44H2,1-6H3/t22-,27+,31+,32-,38-,41?,42?,43-/m1/s1. The fourth-order valence-corrected chi connectivity index (χ4v) is 14.0. The van der Waals surface area contributed by atoms with Gasteiger partial charge in [-0.25, -0.2) is 4.79 Å². The fourth-order valence-electron chi connectivity index (χ4n) is 12.3. The van der Waals surface area contributed by atoms with Crippen molar-refractivity contribution in [3.05, 3.63) is 75.0 Å². The highest BCUT2D eigenvalue weighted by Crippen LogP contribution is 2.71. The summed E-state index contributed by atoms with van der Waals surface area (Å²) in [5.41, 5.74) is 12.3. The van der Waals surface area contributed by atoms with Crippen molar-refractivity contribution >= 4 is 34.6 Å². The molecule has 0 saturated carbocycles. The molecule has 13 nitrogen and oxygen atoms in total. The molecular weight excluding hydrogens is 747 g/mol. The highest BCUT2D eigenvalue weighted by molar-refractivity contribution is 7.99. The number of rotatable bonds is 3. The van der Waals surface area contributed by atoms with Crippen molar-refractivity contribution in [2.45, 2.75) is 93.5 Å². The van der Waals surface area contributed by atoms with Crippen LogP contribution in [0.25, 0.3) is 10.9 Å².